The lowest BCUT2D eigenvalue weighted by atomic mass is 10.00. The molecule has 3 heterocycles. The van der Waals surface area contributed by atoms with Gasteiger partial charge in [0.2, 0.25) is 0 Å². The molecule has 9 nitrogen and oxygen atoms in total. The van der Waals surface area contributed by atoms with Crippen molar-refractivity contribution in [3.63, 3.8) is 0 Å². The zero-order valence-electron chi connectivity index (χ0n) is 27.8. The van der Waals surface area contributed by atoms with Crippen LogP contribution < -0.4 is 5.32 Å². The van der Waals surface area contributed by atoms with Crippen LogP contribution >= 0.6 is 0 Å². The third-order valence-electron chi connectivity index (χ3n) is 8.51. The summed E-state index contributed by atoms with van der Waals surface area (Å²) in [4.78, 5) is 38.6. The smallest absolute Gasteiger partial charge is 0.417 e. The second-order valence-corrected chi connectivity index (χ2v) is 17.6. The van der Waals surface area contributed by atoms with Gasteiger partial charge < -0.3 is 14.5 Å². The molecule has 1 N–H and O–H groups in total. The highest BCUT2D eigenvalue weighted by molar-refractivity contribution is 6.74. The number of fused-ring (bicyclic) bond motifs is 1. The normalized spacial score (nSPS) is 12.3. The van der Waals surface area contributed by atoms with Crippen molar-refractivity contribution in [1.82, 2.24) is 19.4 Å². The number of rotatable bonds is 9. The molecule has 0 aliphatic rings. The van der Waals surface area contributed by atoms with Crippen LogP contribution in [-0.2, 0) is 21.9 Å². The summed E-state index contributed by atoms with van der Waals surface area (Å²) in [6.07, 6.45) is 0.385. The number of alkyl halides is 3. The first-order valence-electron chi connectivity index (χ1n) is 15.4. The molecular formula is C35H35F4N5O4Si. The Morgan fingerprint density at radius 1 is 0.959 bits per heavy atom. The maximum atomic E-state index is 15.4. The minimum atomic E-state index is -4.96. The number of benzene rings is 2. The van der Waals surface area contributed by atoms with Gasteiger partial charge in [0.15, 0.2) is 25.5 Å². The highest BCUT2D eigenvalue weighted by Crippen LogP contribution is 2.39. The number of imidazole rings is 1. The van der Waals surface area contributed by atoms with Crippen LogP contribution in [0.3, 0.4) is 0 Å². The van der Waals surface area contributed by atoms with Crippen molar-refractivity contribution in [2.24, 2.45) is 0 Å². The summed E-state index contributed by atoms with van der Waals surface area (Å²) in [5.74, 6) is -3.46. The third-order valence-corrected chi connectivity index (χ3v) is 13.0. The van der Waals surface area contributed by atoms with Gasteiger partial charge in [-0.15, -0.1) is 0 Å². The second-order valence-electron chi connectivity index (χ2n) is 12.8. The molecule has 0 fully saturated rings. The molecule has 2 aromatic carbocycles. The molecule has 256 valence electrons. The topological polar surface area (TPSA) is 108 Å². The molecule has 0 saturated carbocycles. The number of carbonyl (C=O) groups excluding carboxylic acids is 2. The Labute approximate surface area is 281 Å². The van der Waals surface area contributed by atoms with Gasteiger partial charge in [0, 0.05) is 29.7 Å². The molecule has 0 atom stereocenters. The van der Waals surface area contributed by atoms with Crippen LogP contribution in [0.15, 0.2) is 73.3 Å². The first kappa shape index (κ1) is 35.4. The van der Waals surface area contributed by atoms with Crippen molar-refractivity contribution in [3.8, 4) is 22.5 Å². The van der Waals surface area contributed by atoms with E-state index < -0.39 is 48.9 Å². The van der Waals surface area contributed by atoms with Crippen molar-refractivity contribution < 1.29 is 36.3 Å². The van der Waals surface area contributed by atoms with Gasteiger partial charge in [-0.1, -0.05) is 39.0 Å². The zero-order chi connectivity index (χ0) is 35.7. The predicted molar refractivity (Wildman–Crippen MR) is 179 cm³/mol. The number of ether oxygens (including phenoxy) is 1. The molecule has 5 rings (SSSR count). The van der Waals surface area contributed by atoms with Crippen LogP contribution in [0.4, 0.5) is 23.2 Å². The Balaban J connectivity index is 1.62. The fourth-order valence-corrected chi connectivity index (χ4v) is 5.82. The van der Waals surface area contributed by atoms with Gasteiger partial charge in [-0.25, -0.2) is 24.1 Å². The quantitative estimate of drug-likeness (QED) is 0.0937. The summed E-state index contributed by atoms with van der Waals surface area (Å²) < 4.78 is 70.2. The maximum absolute atomic E-state index is 15.4. The van der Waals surface area contributed by atoms with Crippen LogP contribution in [0, 0.1) is 5.82 Å². The van der Waals surface area contributed by atoms with E-state index in [0.717, 1.165) is 11.6 Å². The van der Waals surface area contributed by atoms with E-state index in [0.29, 0.717) is 17.7 Å². The van der Waals surface area contributed by atoms with E-state index in [-0.39, 0.29) is 40.6 Å². The van der Waals surface area contributed by atoms with Gasteiger partial charge in [0.25, 0.3) is 5.91 Å². The first-order valence-corrected chi connectivity index (χ1v) is 18.3. The summed E-state index contributed by atoms with van der Waals surface area (Å²) in [5, 5.41) is 2.66. The van der Waals surface area contributed by atoms with E-state index >= 15 is 4.39 Å². The van der Waals surface area contributed by atoms with Gasteiger partial charge in [-0.2, -0.15) is 13.2 Å². The molecule has 3 aromatic heterocycles. The highest BCUT2D eigenvalue weighted by atomic mass is 28.4. The number of nitrogens with one attached hydrogen (secondary N) is 1. The Hall–Kier alpha value is -4.95. The summed E-state index contributed by atoms with van der Waals surface area (Å²) in [7, 11) is -2.09. The van der Waals surface area contributed by atoms with Crippen molar-refractivity contribution in [2.75, 3.05) is 11.9 Å². The molecule has 0 radical (unpaired) electrons. The standard InChI is InChI=1S/C35H35F4N5O4Si/c1-7-47-33(46)28-19-42-31-29(23(12-15-44(28)31)22-11-8-10-21(16-22)20-48-49(5,6)34(2,3)4)43-32(45)25-17-24(30-40-13-9-14-41-30)26(18-27(25)36)35(37,38)39/h8-19H,7,20H2,1-6H3,(H,43,45). The van der Waals surface area contributed by atoms with E-state index in [1.54, 1.807) is 25.3 Å². The fourth-order valence-electron chi connectivity index (χ4n) is 4.86. The van der Waals surface area contributed by atoms with Crippen molar-refractivity contribution in [2.45, 2.75) is 58.6 Å². The van der Waals surface area contributed by atoms with Crippen molar-refractivity contribution >= 4 is 31.5 Å². The van der Waals surface area contributed by atoms with Gasteiger partial charge in [-0.3, -0.25) is 9.20 Å². The summed E-state index contributed by atoms with van der Waals surface area (Å²) in [5.41, 5.74) is -0.361. The lowest BCUT2D eigenvalue weighted by molar-refractivity contribution is -0.137. The highest BCUT2D eigenvalue weighted by Gasteiger charge is 2.38. The molecule has 0 bridgehead atoms. The number of esters is 1. The average Bonchev–Trinajstić information content (AvgIpc) is 3.48. The number of anilines is 1. The van der Waals surface area contributed by atoms with Crippen LogP contribution in [0.25, 0.3) is 28.2 Å². The molecule has 49 heavy (non-hydrogen) atoms. The van der Waals surface area contributed by atoms with E-state index in [9.17, 15) is 22.8 Å². The molecule has 0 saturated heterocycles. The van der Waals surface area contributed by atoms with E-state index in [1.165, 1.54) is 29.1 Å². The molecule has 0 unspecified atom stereocenters. The Morgan fingerprint density at radius 3 is 2.33 bits per heavy atom. The zero-order valence-corrected chi connectivity index (χ0v) is 28.8. The lowest BCUT2D eigenvalue weighted by Gasteiger charge is -2.36. The molecule has 0 aliphatic heterocycles. The van der Waals surface area contributed by atoms with Crippen LogP contribution in [0.2, 0.25) is 18.1 Å². The van der Waals surface area contributed by atoms with Gasteiger partial charge in [-0.05, 0) is 66.5 Å². The Bertz CT molecular complexity index is 2020. The van der Waals surface area contributed by atoms with Crippen LogP contribution in [-0.4, -0.2) is 46.2 Å². The number of pyridine rings is 1. The minimum Gasteiger partial charge on any atom is -0.461 e. The molecule has 0 aliphatic carbocycles. The van der Waals surface area contributed by atoms with Gasteiger partial charge in [0.1, 0.15) is 5.82 Å². The second kappa shape index (κ2) is 13.5. The summed E-state index contributed by atoms with van der Waals surface area (Å²) in [6.45, 7) is 12.8. The molecule has 0 spiro atoms. The molecular weight excluding hydrogens is 658 g/mol. The fraction of sp³-hybridized carbons (Fsp3) is 0.286. The number of aromatic nitrogens is 4. The lowest BCUT2D eigenvalue weighted by Crippen LogP contribution is -2.40. The van der Waals surface area contributed by atoms with Gasteiger partial charge in [0.05, 0.1) is 36.2 Å². The van der Waals surface area contributed by atoms with Crippen molar-refractivity contribution in [3.05, 3.63) is 102 Å². The van der Waals surface area contributed by atoms with Crippen molar-refractivity contribution in [1.29, 1.82) is 0 Å². The maximum Gasteiger partial charge on any atom is 0.417 e. The summed E-state index contributed by atoms with van der Waals surface area (Å²) in [6, 6.07) is 11.5. The predicted octanol–water partition coefficient (Wildman–Crippen LogP) is 8.57. The van der Waals surface area contributed by atoms with E-state index in [1.807, 2.05) is 18.2 Å². The van der Waals surface area contributed by atoms with E-state index in [4.69, 9.17) is 9.16 Å². The molecule has 14 heteroatoms. The molecule has 5 aromatic rings. The Morgan fingerprint density at radius 2 is 1.67 bits per heavy atom. The SMILES string of the molecule is CCOC(=O)c1cnc2c(NC(=O)c3cc(-c4ncccn4)c(C(F)(F)F)cc3F)c(-c3cccc(CO[Si](C)(C)C(C)(C)C)c3)ccn12. The summed E-state index contributed by atoms with van der Waals surface area (Å²) >= 11 is 0. The number of carbonyl (C=O) groups is 2. The number of amides is 1. The minimum absolute atomic E-state index is 0.00944. The Kier molecular flexibility index (Phi) is 9.75. The van der Waals surface area contributed by atoms with Crippen LogP contribution in [0.5, 0.6) is 0 Å². The molecule has 1 amide bonds. The third kappa shape index (κ3) is 7.39. The number of nitrogens with zero attached hydrogens (tertiary/aromatic N) is 4. The number of hydrogen-bond donors (Lipinski definition) is 1. The number of hydrogen-bond acceptors (Lipinski definition) is 7. The average molecular weight is 694 g/mol. The van der Waals surface area contributed by atoms with E-state index in [2.05, 4.69) is 54.1 Å². The number of halogens is 4. The van der Waals surface area contributed by atoms with Crippen LogP contribution in [0.1, 0.15) is 59.7 Å². The largest absolute Gasteiger partial charge is 0.461 e. The van der Waals surface area contributed by atoms with Gasteiger partial charge >= 0.3 is 12.1 Å². The monoisotopic (exact) mass is 693 g/mol. The first-order chi connectivity index (χ1) is 23.0.